The second-order valence-corrected chi connectivity index (χ2v) is 5.10. The summed E-state index contributed by atoms with van der Waals surface area (Å²) in [5.74, 6) is 2.02. The van der Waals surface area contributed by atoms with Gasteiger partial charge in [0.1, 0.15) is 5.82 Å². The lowest BCUT2D eigenvalue weighted by atomic mass is 10.2. The summed E-state index contributed by atoms with van der Waals surface area (Å²) in [5.41, 5.74) is 1.23. The van der Waals surface area contributed by atoms with E-state index in [1.165, 1.54) is 5.56 Å². The second kappa shape index (κ2) is 7.79. The zero-order valence-electron chi connectivity index (χ0n) is 12.3. The summed E-state index contributed by atoms with van der Waals surface area (Å²) < 4.78 is 5.38. The van der Waals surface area contributed by atoms with E-state index in [2.05, 4.69) is 38.2 Å². The van der Waals surface area contributed by atoms with Crippen LogP contribution in [0.15, 0.2) is 23.3 Å². The number of halogens is 1. The van der Waals surface area contributed by atoms with Gasteiger partial charge in [-0.3, -0.25) is 4.99 Å². The summed E-state index contributed by atoms with van der Waals surface area (Å²) in [6.45, 7) is 6.06. The molecule has 1 fully saturated rings. The molecular formula is C14H22IN5O. The monoisotopic (exact) mass is 403 g/mol. The first-order valence-electron chi connectivity index (χ1n) is 7.10. The number of likely N-dealkylation sites (N-methyl/N-ethyl adjacent to an activating group) is 1. The van der Waals surface area contributed by atoms with Crippen molar-refractivity contribution in [2.45, 2.75) is 6.54 Å². The van der Waals surface area contributed by atoms with Crippen molar-refractivity contribution in [2.75, 3.05) is 51.3 Å². The van der Waals surface area contributed by atoms with E-state index < -0.39 is 0 Å². The summed E-state index contributed by atoms with van der Waals surface area (Å²) in [6, 6.07) is 4.19. The minimum absolute atomic E-state index is 0. The Balaban J connectivity index is 0.00000161. The molecule has 6 nitrogen and oxygen atoms in total. The molecule has 1 aromatic heterocycles. The molecule has 1 N–H and O–H groups in total. The molecule has 2 aliphatic rings. The van der Waals surface area contributed by atoms with Crippen LogP contribution in [0.2, 0.25) is 0 Å². The van der Waals surface area contributed by atoms with Crippen molar-refractivity contribution < 1.29 is 4.74 Å². The molecule has 1 saturated heterocycles. The quantitative estimate of drug-likeness (QED) is 0.762. The summed E-state index contributed by atoms with van der Waals surface area (Å²) in [4.78, 5) is 13.3. The largest absolute Gasteiger partial charge is 0.378 e. The molecule has 0 spiro atoms. The predicted octanol–water partition coefficient (Wildman–Crippen LogP) is 0.927. The number of guanidine groups is 1. The molecule has 2 aliphatic heterocycles. The van der Waals surface area contributed by atoms with Crippen molar-refractivity contribution in [3.63, 3.8) is 0 Å². The summed E-state index contributed by atoms with van der Waals surface area (Å²) >= 11 is 0. The summed E-state index contributed by atoms with van der Waals surface area (Å²) in [6.07, 6.45) is 1.88. The van der Waals surface area contributed by atoms with Crippen LogP contribution in [0, 0.1) is 0 Å². The summed E-state index contributed by atoms with van der Waals surface area (Å²) in [7, 11) is 2.06. The maximum atomic E-state index is 5.38. The third-order valence-electron chi connectivity index (χ3n) is 3.65. The Morgan fingerprint density at radius 3 is 2.81 bits per heavy atom. The normalized spacial score (nSPS) is 18.2. The molecule has 0 amide bonds. The Labute approximate surface area is 142 Å². The highest BCUT2D eigenvalue weighted by atomic mass is 127. The standard InChI is InChI=1S/C14H21N5O.HI/c1-18-5-4-16-14(18)17-11-12-2-3-15-13(10-12)19-6-8-20-9-7-19;/h2-3,10H,4-9,11H2,1H3,(H,16,17);1H. The highest BCUT2D eigenvalue weighted by molar-refractivity contribution is 14.0. The zero-order valence-corrected chi connectivity index (χ0v) is 14.6. The van der Waals surface area contributed by atoms with Crippen molar-refractivity contribution in [1.82, 2.24) is 15.2 Å². The molecule has 0 bridgehead atoms. The number of aliphatic imine (C=N–C) groups is 1. The number of ether oxygens (including phenoxy) is 1. The van der Waals surface area contributed by atoms with Gasteiger partial charge in [-0.15, -0.1) is 24.0 Å². The number of anilines is 1. The van der Waals surface area contributed by atoms with Crippen LogP contribution < -0.4 is 10.2 Å². The fraction of sp³-hybridized carbons (Fsp3) is 0.571. The Kier molecular flexibility index (Phi) is 6.04. The van der Waals surface area contributed by atoms with Crippen LogP contribution >= 0.6 is 24.0 Å². The Bertz CT molecular complexity index is 490. The second-order valence-electron chi connectivity index (χ2n) is 5.10. The molecule has 21 heavy (non-hydrogen) atoms. The maximum Gasteiger partial charge on any atom is 0.194 e. The molecule has 0 aliphatic carbocycles. The van der Waals surface area contributed by atoms with Crippen LogP contribution in [0.3, 0.4) is 0 Å². The fourth-order valence-electron chi connectivity index (χ4n) is 2.44. The molecule has 0 radical (unpaired) electrons. The van der Waals surface area contributed by atoms with Gasteiger partial charge in [0, 0.05) is 39.4 Å². The van der Waals surface area contributed by atoms with Crippen LogP contribution in [0.4, 0.5) is 5.82 Å². The van der Waals surface area contributed by atoms with Crippen molar-refractivity contribution in [3.8, 4) is 0 Å². The highest BCUT2D eigenvalue weighted by Crippen LogP contribution is 2.14. The molecule has 0 saturated carbocycles. The van der Waals surface area contributed by atoms with E-state index in [1.54, 1.807) is 0 Å². The Morgan fingerprint density at radius 2 is 2.10 bits per heavy atom. The van der Waals surface area contributed by atoms with Crippen LogP contribution in [-0.2, 0) is 11.3 Å². The van der Waals surface area contributed by atoms with Gasteiger partial charge in [0.25, 0.3) is 0 Å². The van der Waals surface area contributed by atoms with Gasteiger partial charge < -0.3 is 19.9 Å². The predicted molar refractivity (Wildman–Crippen MR) is 94.5 cm³/mol. The van der Waals surface area contributed by atoms with Crippen molar-refractivity contribution in [1.29, 1.82) is 0 Å². The highest BCUT2D eigenvalue weighted by Gasteiger charge is 2.14. The topological polar surface area (TPSA) is 53.0 Å². The average Bonchev–Trinajstić information content (AvgIpc) is 2.92. The van der Waals surface area contributed by atoms with Crippen molar-refractivity contribution in [3.05, 3.63) is 23.9 Å². The van der Waals surface area contributed by atoms with Crippen molar-refractivity contribution in [2.24, 2.45) is 4.99 Å². The number of nitrogens with one attached hydrogen (secondary N) is 1. The first-order chi connectivity index (χ1) is 9.83. The third-order valence-corrected chi connectivity index (χ3v) is 3.65. The average molecular weight is 403 g/mol. The van der Waals surface area contributed by atoms with E-state index in [-0.39, 0.29) is 24.0 Å². The number of hydrogen-bond acceptors (Lipinski definition) is 6. The van der Waals surface area contributed by atoms with E-state index in [0.717, 1.165) is 57.7 Å². The van der Waals surface area contributed by atoms with Gasteiger partial charge in [-0.2, -0.15) is 0 Å². The number of pyridine rings is 1. The molecule has 1 aromatic rings. The minimum Gasteiger partial charge on any atom is -0.378 e. The van der Waals surface area contributed by atoms with Gasteiger partial charge >= 0.3 is 0 Å². The lowest BCUT2D eigenvalue weighted by Crippen LogP contribution is -2.37. The van der Waals surface area contributed by atoms with E-state index in [9.17, 15) is 0 Å². The van der Waals surface area contributed by atoms with Crippen LogP contribution in [-0.4, -0.2) is 62.3 Å². The summed E-state index contributed by atoms with van der Waals surface area (Å²) in [5, 5.41) is 3.38. The van der Waals surface area contributed by atoms with Crippen LogP contribution in [0.5, 0.6) is 0 Å². The van der Waals surface area contributed by atoms with Crippen LogP contribution in [0.25, 0.3) is 0 Å². The van der Waals surface area contributed by atoms with Gasteiger partial charge in [-0.25, -0.2) is 4.98 Å². The molecule has 0 aromatic carbocycles. The van der Waals surface area contributed by atoms with Crippen LogP contribution in [0.1, 0.15) is 5.56 Å². The Hall–Kier alpha value is -1.09. The number of aromatic nitrogens is 1. The van der Waals surface area contributed by atoms with E-state index >= 15 is 0 Å². The lowest BCUT2D eigenvalue weighted by Gasteiger charge is -2.28. The fourth-order valence-corrected chi connectivity index (χ4v) is 2.44. The Morgan fingerprint density at radius 1 is 1.29 bits per heavy atom. The lowest BCUT2D eigenvalue weighted by molar-refractivity contribution is 0.122. The zero-order chi connectivity index (χ0) is 13.8. The van der Waals surface area contributed by atoms with Gasteiger partial charge in [0.2, 0.25) is 0 Å². The van der Waals surface area contributed by atoms with Gasteiger partial charge in [0.15, 0.2) is 5.96 Å². The third kappa shape index (κ3) is 4.19. The maximum absolute atomic E-state index is 5.38. The smallest absolute Gasteiger partial charge is 0.194 e. The first-order valence-corrected chi connectivity index (χ1v) is 7.10. The van der Waals surface area contributed by atoms with E-state index in [1.807, 2.05) is 12.3 Å². The van der Waals surface area contributed by atoms with E-state index in [0.29, 0.717) is 0 Å². The van der Waals surface area contributed by atoms with Crippen molar-refractivity contribution >= 4 is 35.8 Å². The first kappa shape index (κ1) is 16.3. The molecule has 0 unspecified atom stereocenters. The number of nitrogens with zero attached hydrogens (tertiary/aromatic N) is 4. The van der Waals surface area contributed by atoms with Gasteiger partial charge in [-0.1, -0.05) is 0 Å². The molecule has 3 heterocycles. The molecule has 0 atom stereocenters. The molecular weight excluding hydrogens is 381 g/mol. The van der Waals surface area contributed by atoms with E-state index in [4.69, 9.17) is 4.74 Å². The van der Waals surface area contributed by atoms with Gasteiger partial charge in [0.05, 0.1) is 19.8 Å². The van der Waals surface area contributed by atoms with Gasteiger partial charge in [-0.05, 0) is 17.7 Å². The molecule has 7 heteroatoms. The number of hydrogen-bond donors (Lipinski definition) is 1. The SMILES string of the molecule is CN1CCN=C1NCc1ccnc(N2CCOCC2)c1.I. The molecule has 116 valence electrons. The minimum atomic E-state index is 0. The molecule has 3 rings (SSSR count). The number of morpholine rings is 1. The number of rotatable bonds is 3.